The van der Waals surface area contributed by atoms with Crippen LogP contribution in [0.15, 0.2) is 30.9 Å². The van der Waals surface area contributed by atoms with Crippen molar-refractivity contribution in [1.29, 1.82) is 0 Å². The van der Waals surface area contributed by atoms with E-state index in [2.05, 4.69) is 10.2 Å². The van der Waals surface area contributed by atoms with Crippen LogP contribution in [0.1, 0.15) is 5.56 Å². The van der Waals surface area contributed by atoms with E-state index in [4.69, 9.17) is 0 Å². The zero-order chi connectivity index (χ0) is 10.8. The Labute approximate surface area is 85.3 Å². The van der Waals surface area contributed by atoms with Crippen LogP contribution in [0, 0.1) is 17.0 Å². The van der Waals surface area contributed by atoms with E-state index in [1.165, 1.54) is 6.07 Å². The molecule has 2 rings (SSSR count). The van der Waals surface area contributed by atoms with Crippen molar-refractivity contribution in [3.63, 3.8) is 0 Å². The molecule has 0 spiro atoms. The van der Waals surface area contributed by atoms with Crippen LogP contribution in [0.4, 0.5) is 5.69 Å². The van der Waals surface area contributed by atoms with Gasteiger partial charge in [-0.1, -0.05) is 0 Å². The smallest absolute Gasteiger partial charge is 0.272 e. The monoisotopic (exact) mass is 204 g/mol. The number of rotatable bonds is 2. The summed E-state index contributed by atoms with van der Waals surface area (Å²) in [4.78, 5) is 10.2. The number of aryl methyl sites for hydroxylation is 1. The standard InChI is InChI=1S/C9H8N4O2/c1-7-4-8(12-5-10-11-6-12)2-3-9(7)13(14)15/h2-6H,1H3. The zero-order valence-corrected chi connectivity index (χ0v) is 7.99. The molecule has 6 heteroatoms. The van der Waals surface area contributed by atoms with Gasteiger partial charge in [0.1, 0.15) is 12.7 Å². The third kappa shape index (κ3) is 1.69. The lowest BCUT2D eigenvalue weighted by Crippen LogP contribution is -1.95. The Morgan fingerprint density at radius 3 is 2.53 bits per heavy atom. The lowest BCUT2D eigenvalue weighted by Gasteiger charge is -2.02. The number of benzene rings is 1. The van der Waals surface area contributed by atoms with Crippen LogP contribution in [-0.4, -0.2) is 19.7 Å². The number of aromatic nitrogens is 3. The predicted octanol–water partition coefficient (Wildman–Crippen LogP) is 1.48. The number of nitro groups is 1. The minimum Gasteiger partial charge on any atom is -0.288 e. The van der Waals surface area contributed by atoms with E-state index in [0.717, 1.165) is 5.69 Å². The maximum absolute atomic E-state index is 10.6. The Kier molecular flexibility index (Phi) is 2.17. The van der Waals surface area contributed by atoms with Crippen LogP contribution in [0.25, 0.3) is 5.69 Å². The lowest BCUT2D eigenvalue weighted by molar-refractivity contribution is -0.385. The zero-order valence-electron chi connectivity index (χ0n) is 7.99. The molecule has 0 saturated carbocycles. The number of hydrogen-bond acceptors (Lipinski definition) is 4. The summed E-state index contributed by atoms with van der Waals surface area (Å²) in [5.41, 5.74) is 1.54. The highest BCUT2D eigenvalue weighted by Gasteiger charge is 2.10. The van der Waals surface area contributed by atoms with Crippen LogP contribution in [-0.2, 0) is 0 Å². The number of nitrogens with zero attached hydrogens (tertiary/aromatic N) is 4. The lowest BCUT2D eigenvalue weighted by atomic mass is 10.2. The molecule has 2 aromatic rings. The van der Waals surface area contributed by atoms with Gasteiger partial charge in [-0.15, -0.1) is 10.2 Å². The van der Waals surface area contributed by atoms with Crippen LogP contribution in [0.2, 0.25) is 0 Å². The van der Waals surface area contributed by atoms with E-state index in [0.29, 0.717) is 5.56 Å². The molecule has 0 fully saturated rings. The van der Waals surface area contributed by atoms with Crippen molar-refractivity contribution in [2.45, 2.75) is 6.92 Å². The topological polar surface area (TPSA) is 73.8 Å². The van der Waals surface area contributed by atoms with Crippen LogP contribution >= 0.6 is 0 Å². The third-order valence-corrected chi connectivity index (χ3v) is 2.09. The van der Waals surface area contributed by atoms with Crippen LogP contribution < -0.4 is 0 Å². The summed E-state index contributed by atoms with van der Waals surface area (Å²) in [5, 5.41) is 17.9. The molecule has 0 N–H and O–H groups in total. The second kappa shape index (κ2) is 3.49. The Morgan fingerprint density at radius 1 is 1.33 bits per heavy atom. The van der Waals surface area contributed by atoms with E-state index in [1.54, 1.807) is 36.3 Å². The molecule has 0 aliphatic heterocycles. The second-order valence-electron chi connectivity index (χ2n) is 3.10. The minimum absolute atomic E-state index is 0.117. The first-order valence-electron chi connectivity index (χ1n) is 4.28. The molecule has 1 heterocycles. The molecule has 0 saturated heterocycles. The predicted molar refractivity (Wildman–Crippen MR) is 52.8 cm³/mol. The summed E-state index contributed by atoms with van der Waals surface area (Å²) in [5.74, 6) is 0. The number of hydrogen-bond donors (Lipinski definition) is 0. The van der Waals surface area contributed by atoms with Gasteiger partial charge in [-0.05, 0) is 19.1 Å². The maximum atomic E-state index is 10.6. The molecule has 0 aliphatic carbocycles. The minimum atomic E-state index is -0.398. The highest BCUT2D eigenvalue weighted by Crippen LogP contribution is 2.20. The summed E-state index contributed by atoms with van der Waals surface area (Å²) in [6.07, 6.45) is 3.08. The van der Waals surface area contributed by atoms with Crippen molar-refractivity contribution in [2.24, 2.45) is 0 Å². The molecule has 0 radical (unpaired) electrons. The molecule has 0 aliphatic rings. The van der Waals surface area contributed by atoms with E-state index >= 15 is 0 Å². The fourth-order valence-corrected chi connectivity index (χ4v) is 1.34. The van der Waals surface area contributed by atoms with Gasteiger partial charge in [0.15, 0.2) is 0 Å². The Balaban J connectivity index is 2.47. The number of nitro benzene ring substituents is 1. The van der Waals surface area contributed by atoms with Crippen LogP contribution in [0.3, 0.4) is 0 Å². The van der Waals surface area contributed by atoms with Gasteiger partial charge in [-0.2, -0.15) is 0 Å². The van der Waals surface area contributed by atoms with E-state index in [1.807, 2.05) is 0 Å². The van der Waals surface area contributed by atoms with Crippen molar-refractivity contribution in [2.75, 3.05) is 0 Å². The highest BCUT2D eigenvalue weighted by molar-refractivity contribution is 5.47. The van der Waals surface area contributed by atoms with Gasteiger partial charge in [-0.3, -0.25) is 14.7 Å². The molecular weight excluding hydrogens is 196 g/mol. The van der Waals surface area contributed by atoms with Gasteiger partial charge in [0.2, 0.25) is 0 Å². The quantitative estimate of drug-likeness (QED) is 0.548. The molecule has 1 aromatic heterocycles. The normalized spacial score (nSPS) is 10.2. The Hall–Kier alpha value is -2.24. The van der Waals surface area contributed by atoms with E-state index < -0.39 is 4.92 Å². The summed E-state index contributed by atoms with van der Waals surface area (Å²) in [7, 11) is 0. The summed E-state index contributed by atoms with van der Waals surface area (Å²) in [6, 6.07) is 4.86. The van der Waals surface area contributed by atoms with E-state index in [9.17, 15) is 10.1 Å². The molecule has 0 unspecified atom stereocenters. The van der Waals surface area contributed by atoms with Crippen molar-refractivity contribution < 1.29 is 4.92 Å². The van der Waals surface area contributed by atoms with Crippen molar-refractivity contribution in [3.05, 3.63) is 46.5 Å². The molecular formula is C9H8N4O2. The largest absolute Gasteiger partial charge is 0.288 e. The fourth-order valence-electron chi connectivity index (χ4n) is 1.34. The van der Waals surface area contributed by atoms with Crippen LogP contribution in [0.5, 0.6) is 0 Å². The molecule has 6 nitrogen and oxygen atoms in total. The van der Waals surface area contributed by atoms with Gasteiger partial charge in [0.05, 0.1) is 4.92 Å². The highest BCUT2D eigenvalue weighted by atomic mass is 16.6. The first-order chi connectivity index (χ1) is 7.18. The molecule has 0 bridgehead atoms. The molecule has 0 amide bonds. The SMILES string of the molecule is Cc1cc(-n2cnnc2)ccc1[N+](=O)[O-]. The molecule has 15 heavy (non-hydrogen) atoms. The summed E-state index contributed by atoms with van der Waals surface area (Å²) < 4.78 is 1.69. The second-order valence-corrected chi connectivity index (χ2v) is 3.10. The van der Waals surface area contributed by atoms with Crippen molar-refractivity contribution >= 4 is 5.69 Å². The molecule has 1 aromatic carbocycles. The van der Waals surface area contributed by atoms with E-state index in [-0.39, 0.29) is 5.69 Å². The van der Waals surface area contributed by atoms with Crippen molar-refractivity contribution in [3.8, 4) is 5.69 Å². The van der Waals surface area contributed by atoms with Crippen molar-refractivity contribution in [1.82, 2.24) is 14.8 Å². The Bertz CT molecular complexity index is 493. The van der Waals surface area contributed by atoms with Gasteiger partial charge < -0.3 is 0 Å². The van der Waals surface area contributed by atoms with Gasteiger partial charge >= 0.3 is 0 Å². The van der Waals surface area contributed by atoms with Gasteiger partial charge in [0.25, 0.3) is 5.69 Å². The average molecular weight is 204 g/mol. The van der Waals surface area contributed by atoms with Gasteiger partial charge in [-0.25, -0.2) is 0 Å². The van der Waals surface area contributed by atoms with Gasteiger partial charge in [0, 0.05) is 17.3 Å². The first kappa shape index (κ1) is 9.32. The Morgan fingerprint density at radius 2 is 2.00 bits per heavy atom. The summed E-state index contributed by atoms with van der Waals surface area (Å²) in [6.45, 7) is 1.70. The average Bonchev–Trinajstić information content (AvgIpc) is 2.69. The third-order valence-electron chi connectivity index (χ3n) is 2.09. The first-order valence-corrected chi connectivity index (χ1v) is 4.28. The summed E-state index contributed by atoms with van der Waals surface area (Å²) >= 11 is 0. The maximum Gasteiger partial charge on any atom is 0.272 e. The fraction of sp³-hybridized carbons (Fsp3) is 0.111. The molecule has 0 atom stereocenters. The molecule has 76 valence electrons.